The molecule has 0 aromatic heterocycles. The van der Waals surface area contributed by atoms with E-state index in [1.165, 1.54) is 11.1 Å². The van der Waals surface area contributed by atoms with Gasteiger partial charge in [0.25, 0.3) is 0 Å². The monoisotopic (exact) mass is 409 g/mol. The van der Waals surface area contributed by atoms with Gasteiger partial charge in [0.15, 0.2) is 0 Å². The molecule has 2 aliphatic heterocycles. The summed E-state index contributed by atoms with van der Waals surface area (Å²) in [5.74, 6) is 1.19. The first-order chi connectivity index (χ1) is 13.0. The lowest BCUT2D eigenvalue weighted by Crippen LogP contribution is -2.57. The molecule has 2 aliphatic rings. The number of rotatable bonds is 6. The number of nitrogens with zero attached hydrogens (tertiary/aromatic N) is 2. The van der Waals surface area contributed by atoms with Crippen LogP contribution in [-0.2, 0) is 9.59 Å². The van der Waals surface area contributed by atoms with Gasteiger partial charge in [0.05, 0.1) is 13.2 Å². The van der Waals surface area contributed by atoms with Crippen LogP contribution < -0.4 is 10.1 Å². The first-order valence-electron chi connectivity index (χ1n) is 10.0. The van der Waals surface area contributed by atoms with Gasteiger partial charge in [-0.2, -0.15) is 0 Å². The third kappa shape index (κ3) is 5.85. The third-order valence-corrected chi connectivity index (χ3v) is 5.60. The number of amides is 2. The van der Waals surface area contributed by atoms with Gasteiger partial charge in [-0.15, -0.1) is 12.4 Å². The molecule has 2 saturated heterocycles. The third-order valence-electron chi connectivity index (χ3n) is 5.60. The number of hydrogen-bond donors (Lipinski definition) is 1. The number of benzene rings is 1. The molecule has 0 saturated carbocycles. The maximum absolute atomic E-state index is 12.6. The lowest BCUT2D eigenvalue weighted by atomic mass is 10.0. The van der Waals surface area contributed by atoms with E-state index in [1.807, 2.05) is 21.9 Å². The second-order valence-corrected chi connectivity index (χ2v) is 7.60. The Morgan fingerprint density at radius 3 is 2.82 bits per heavy atom. The van der Waals surface area contributed by atoms with Gasteiger partial charge in [0, 0.05) is 38.6 Å². The number of nitrogens with one attached hydrogen (secondary N) is 1. The van der Waals surface area contributed by atoms with Crippen LogP contribution in [-0.4, -0.2) is 67.0 Å². The largest absolute Gasteiger partial charge is 0.494 e. The van der Waals surface area contributed by atoms with E-state index in [9.17, 15) is 9.59 Å². The minimum atomic E-state index is 0. The van der Waals surface area contributed by atoms with Crippen LogP contribution in [0.4, 0.5) is 0 Å². The molecule has 2 amide bonds. The average molecular weight is 410 g/mol. The number of hydrogen-bond acceptors (Lipinski definition) is 4. The van der Waals surface area contributed by atoms with Crippen LogP contribution in [0.3, 0.4) is 0 Å². The zero-order valence-corrected chi connectivity index (χ0v) is 17.7. The maximum Gasteiger partial charge on any atom is 0.236 e. The quantitative estimate of drug-likeness (QED) is 0.732. The van der Waals surface area contributed by atoms with Crippen molar-refractivity contribution in [2.45, 2.75) is 45.6 Å². The zero-order valence-electron chi connectivity index (χ0n) is 16.9. The Bertz CT molecular complexity index is 683. The van der Waals surface area contributed by atoms with E-state index in [4.69, 9.17) is 4.74 Å². The Morgan fingerprint density at radius 2 is 2.07 bits per heavy atom. The Hall–Kier alpha value is -1.79. The molecule has 3 rings (SSSR count). The van der Waals surface area contributed by atoms with E-state index < -0.39 is 0 Å². The fraction of sp³-hybridized carbons (Fsp3) is 0.619. The summed E-state index contributed by atoms with van der Waals surface area (Å²) >= 11 is 0. The van der Waals surface area contributed by atoms with Crippen LogP contribution >= 0.6 is 12.4 Å². The second kappa shape index (κ2) is 10.7. The van der Waals surface area contributed by atoms with Gasteiger partial charge in [0.1, 0.15) is 5.75 Å². The van der Waals surface area contributed by atoms with Crippen LogP contribution in [0.1, 0.15) is 36.8 Å². The predicted octanol–water partition coefficient (Wildman–Crippen LogP) is 2.31. The van der Waals surface area contributed by atoms with Crippen LogP contribution in [0.15, 0.2) is 18.2 Å². The van der Waals surface area contributed by atoms with Crippen LogP contribution in [0, 0.1) is 13.8 Å². The number of piperidine rings is 1. The summed E-state index contributed by atoms with van der Waals surface area (Å²) in [5, 5.41) is 3.11. The highest BCUT2D eigenvalue weighted by atomic mass is 35.5. The van der Waals surface area contributed by atoms with Gasteiger partial charge in [-0.3, -0.25) is 9.59 Å². The molecule has 0 radical (unpaired) electrons. The van der Waals surface area contributed by atoms with Crippen LogP contribution in [0.5, 0.6) is 5.75 Å². The van der Waals surface area contributed by atoms with Crippen molar-refractivity contribution in [2.24, 2.45) is 0 Å². The van der Waals surface area contributed by atoms with Crippen molar-refractivity contribution in [1.82, 2.24) is 15.1 Å². The molecular weight excluding hydrogens is 378 g/mol. The van der Waals surface area contributed by atoms with Gasteiger partial charge < -0.3 is 19.9 Å². The van der Waals surface area contributed by atoms with Crippen molar-refractivity contribution in [3.8, 4) is 5.75 Å². The summed E-state index contributed by atoms with van der Waals surface area (Å²) in [6.45, 7) is 8.17. The zero-order chi connectivity index (χ0) is 19.2. The highest BCUT2D eigenvalue weighted by Gasteiger charge is 2.31. The summed E-state index contributed by atoms with van der Waals surface area (Å²) in [6.07, 6.45) is 3.16. The number of carbonyl (C=O) groups excluding carboxylic acids is 2. The molecular formula is C21H32ClN3O3. The van der Waals surface area contributed by atoms with E-state index in [0.717, 1.165) is 38.2 Å². The molecule has 28 heavy (non-hydrogen) atoms. The lowest BCUT2D eigenvalue weighted by Gasteiger charge is -2.41. The van der Waals surface area contributed by atoms with Crippen molar-refractivity contribution in [3.05, 3.63) is 29.3 Å². The second-order valence-electron chi connectivity index (χ2n) is 7.60. The van der Waals surface area contributed by atoms with Crippen molar-refractivity contribution in [3.63, 3.8) is 0 Å². The van der Waals surface area contributed by atoms with E-state index >= 15 is 0 Å². The van der Waals surface area contributed by atoms with Crippen molar-refractivity contribution in [1.29, 1.82) is 0 Å². The van der Waals surface area contributed by atoms with E-state index in [-0.39, 0.29) is 30.3 Å². The van der Waals surface area contributed by atoms with Crippen LogP contribution in [0.25, 0.3) is 0 Å². The minimum Gasteiger partial charge on any atom is -0.494 e. The summed E-state index contributed by atoms with van der Waals surface area (Å²) < 4.78 is 5.78. The van der Waals surface area contributed by atoms with Gasteiger partial charge in [-0.1, -0.05) is 6.07 Å². The van der Waals surface area contributed by atoms with Gasteiger partial charge >= 0.3 is 0 Å². The number of carbonyl (C=O) groups is 2. The molecule has 7 heteroatoms. The molecule has 2 fully saturated rings. The standard InChI is InChI=1S/C21H31N3O3.ClH/c1-16-7-8-19(13-17(16)2)27-12-4-6-20(25)23-10-3-5-18(15-23)24-11-9-22-14-21(24)26;/h7-8,13,18,22H,3-6,9-12,14-15H2,1-2H3;1H. The van der Waals surface area contributed by atoms with Gasteiger partial charge in [0.2, 0.25) is 11.8 Å². The first kappa shape index (κ1) is 22.5. The molecule has 1 aromatic rings. The SMILES string of the molecule is Cc1ccc(OCCCC(=O)N2CCCC(N3CCNCC3=O)C2)cc1C.Cl. The number of aryl methyl sites for hydroxylation is 2. The van der Waals surface area contributed by atoms with Gasteiger partial charge in [-0.05, 0) is 56.4 Å². The summed E-state index contributed by atoms with van der Waals surface area (Å²) in [4.78, 5) is 28.6. The fourth-order valence-electron chi connectivity index (χ4n) is 3.82. The molecule has 2 heterocycles. The van der Waals surface area contributed by atoms with Crippen molar-refractivity contribution >= 4 is 24.2 Å². The number of piperazine rings is 1. The Kier molecular flexibility index (Phi) is 8.58. The first-order valence-corrected chi connectivity index (χ1v) is 10.0. The fourth-order valence-corrected chi connectivity index (χ4v) is 3.82. The molecule has 1 atom stereocenters. The highest BCUT2D eigenvalue weighted by molar-refractivity contribution is 5.85. The topological polar surface area (TPSA) is 61.9 Å². The van der Waals surface area contributed by atoms with Crippen molar-refractivity contribution < 1.29 is 14.3 Å². The Labute approximate surface area is 174 Å². The number of ether oxygens (including phenoxy) is 1. The molecule has 156 valence electrons. The van der Waals surface area contributed by atoms with Gasteiger partial charge in [-0.25, -0.2) is 0 Å². The number of halogens is 1. The summed E-state index contributed by atoms with van der Waals surface area (Å²) in [7, 11) is 0. The normalized spacial score (nSPS) is 19.9. The lowest BCUT2D eigenvalue weighted by molar-refractivity contribution is -0.140. The Balaban J connectivity index is 0.00000280. The summed E-state index contributed by atoms with van der Waals surface area (Å²) in [6, 6.07) is 6.24. The predicted molar refractivity (Wildman–Crippen MR) is 112 cm³/mol. The van der Waals surface area contributed by atoms with E-state index in [2.05, 4.69) is 25.2 Å². The van der Waals surface area contributed by atoms with E-state index in [0.29, 0.717) is 32.5 Å². The molecule has 0 spiro atoms. The molecule has 6 nitrogen and oxygen atoms in total. The Morgan fingerprint density at radius 1 is 1.25 bits per heavy atom. The number of likely N-dealkylation sites (tertiary alicyclic amines) is 1. The minimum absolute atomic E-state index is 0. The van der Waals surface area contributed by atoms with Crippen molar-refractivity contribution in [2.75, 3.05) is 39.3 Å². The molecule has 0 aliphatic carbocycles. The van der Waals surface area contributed by atoms with Crippen LogP contribution in [0.2, 0.25) is 0 Å². The maximum atomic E-state index is 12.6. The average Bonchev–Trinajstić information content (AvgIpc) is 2.68. The molecule has 1 N–H and O–H groups in total. The molecule has 1 aromatic carbocycles. The summed E-state index contributed by atoms with van der Waals surface area (Å²) in [5.41, 5.74) is 2.46. The smallest absolute Gasteiger partial charge is 0.236 e. The molecule has 1 unspecified atom stereocenters. The highest BCUT2D eigenvalue weighted by Crippen LogP contribution is 2.19. The van der Waals surface area contributed by atoms with E-state index in [1.54, 1.807) is 0 Å². The molecule has 0 bridgehead atoms.